The first kappa shape index (κ1) is 20.3. The van der Waals surface area contributed by atoms with Crippen molar-refractivity contribution in [2.75, 3.05) is 25.9 Å². The van der Waals surface area contributed by atoms with Crippen molar-refractivity contribution < 1.29 is 8.42 Å². The van der Waals surface area contributed by atoms with Crippen LogP contribution in [0.2, 0.25) is 4.34 Å². The minimum atomic E-state index is -3.16. The Bertz CT molecular complexity index is 633. The van der Waals surface area contributed by atoms with Gasteiger partial charge in [-0.25, -0.2) is 8.42 Å². The van der Waals surface area contributed by atoms with E-state index < -0.39 is 14.6 Å². The number of hydrogen-bond donors (Lipinski definition) is 1. The van der Waals surface area contributed by atoms with Gasteiger partial charge in [0.1, 0.15) is 0 Å². The van der Waals surface area contributed by atoms with Crippen LogP contribution in [-0.2, 0) is 16.4 Å². The summed E-state index contributed by atoms with van der Waals surface area (Å²) in [5, 5.41) is 3.19. The first-order valence-corrected chi connectivity index (χ1v) is 10.4. The Morgan fingerprint density at radius 1 is 1.39 bits per heavy atom. The Morgan fingerprint density at radius 2 is 2.04 bits per heavy atom. The van der Waals surface area contributed by atoms with Gasteiger partial charge in [-0.05, 0) is 39.8 Å². The number of hydrogen-bond acceptors (Lipinski definition) is 4. The van der Waals surface area contributed by atoms with E-state index in [1.807, 2.05) is 31.0 Å². The summed E-state index contributed by atoms with van der Waals surface area (Å²) >= 11 is 7.48. The van der Waals surface area contributed by atoms with Crippen LogP contribution in [0.3, 0.4) is 0 Å². The van der Waals surface area contributed by atoms with Gasteiger partial charge in [0.15, 0.2) is 15.8 Å². The van der Waals surface area contributed by atoms with Gasteiger partial charge < -0.3 is 10.2 Å². The molecule has 0 fully saturated rings. The van der Waals surface area contributed by atoms with Crippen LogP contribution in [0.5, 0.6) is 0 Å². The third kappa shape index (κ3) is 6.31. The van der Waals surface area contributed by atoms with Crippen molar-refractivity contribution in [3.05, 3.63) is 21.3 Å². The summed E-state index contributed by atoms with van der Waals surface area (Å²) in [5.41, 5.74) is 0. The Balaban J connectivity index is 2.73. The minimum absolute atomic E-state index is 0.0457. The van der Waals surface area contributed by atoms with Crippen LogP contribution in [0.25, 0.3) is 0 Å². The molecular formula is C15H26ClN3O2S2. The van der Waals surface area contributed by atoms with E-state index in [1.54, 1.807) is 20.8 Å². The largest absolute Gasteiger partial charge is 0.357 e. The van der Waals surface area contributed by atoms with Gasteiger partial charge >= 0.3 is 0 Å². The average molecular weight is 380 g/mol. The Labute approximate surface area is 148 Å². The maximum Gasteiger partial charge on any atom is 0.194 e. The molecule has 0 saturated heterocycles. The molecule has 1 aromatic heterocycles. The lowest BCUT2D eigenvalue weighted by molar-refractivity contribution is 0.482. The zero-order valence-electron chi connectivity index (χ0n) is 14.4. The lowest BCUT2D eigenvalue weighted by atomic mass is 10.3. The lowest BCUT2D eigenvalue weighted by Gasteiger charge is -2.22. The molecule has 23 heavy (non-hydrogen) atoms. The van der Waals surface area contributed by atoms with Crippen LogP contribution in [0, 0.1) is 0 Å². The zero-order valence-corrected chi connectivity index (χ0v) is 16.8. The molecule has 0 bridgehead atoms. The van der Waals surface area contributed by atoms with Crippen LogP contribution < -0.4 is 5.32 Å². The standard InChI is InChI=1S/C15H26ClN3O2S2/c1-6-17-14(18-9-10-23(20,21)15(2,3)4)19(5)11-12-7-8-13(16)22-12/h7-8H,6,9-11H2,1-5H3,(H,17,18). The molecule has 0 aliphatic heterocycles. The molecule has 1 N–H and O–H groups in total. The third-order valence-electron chi connectivity index (χ3n) is 3.27. The number of aliphatic imine (C=N–C) groups is 1. The van der Waals surface area contributed by atoms with Gasteiger partial charge in [-0.2, -0.15) is 0 Å². The van der Waals surface area contributed by atoms with Gasteiger partial charge in [-0.1, -0.05) is 11.6 Å². The monoisotopic (exact) mass is 379 g/mol. The SMILES string of the molecule is CCNC(=NCCS(=O)(=O)C(C)(C)C)N(C)Cc1ccc(Cl)s1. The van der Waals surface area contributed by atoms with Gasteiger partial charge in [0.25, 0.3) is 0 Å². The second-order valence-electron chi connectivity index (χ2n) is 6.23. The summed E-state index contributed by atoms with van der Waals surface area (Å²) in [6.45, 7) is 8.77. The number of thiophene rings is 1. The van der Waals surface area contributed by atoms with Crippen molar-refractivity contribution in [1.29, 1.82) is 0 Å². The third-order valence-corrected chi connectivity index (χ3v) is 7.07. The predicted octanol–water partition coefficient (Wildman–Crippen LogP) is 3.01. The van der Waals surface area contributed by atoms with Crippen molar-refractivity contribution in [3.8, 4) is 0 Å². The molecule has 0 aromatic carbocycles. The zero-order chi connectivity index (χ0) is 17.7. The summed E-state index contributed by atoms with van der Waals surface area (Å²) in [7, 11) is -1.23. The molecule has 1 heterocycles. The van der Waals surface area contributed by atoms with Gasteiger partial charge in [0, 0.05) is 18.5 Å². The molecule has 0 spiro atoms. The van der Waals surface area contributed by atoms with Crippen LogP contribution in [0.1, 0.15) is 32.6 Å². The number of halogens is 1. The summed E-state index contributed by atoms with van der Waals surface area (Å²) in [4.78, 5) is 7.54. The fourth-order valence-electron chi connectivity index (χ4n) is 1.79. The number of guanidine groups is 1. The molecule has 0 aliphatic rings. The van der Waals surface area contributed by atoms with Crippen molar-refractivity contribution in [3.63, 3.8) is 0 Å². The topological polar surface area (TPSA) is 61.8 Å². The van der Waals surface area contributed by atoms with Crippen molar-refractivity contribution in [2.45, 2.75) is 39.0 Å². The van der Waals surface area contributed by atoms with Crippen LogP contribution in [-0.4, -0.2) is 49.9 Å². The highest BCUT2D eigenvalue weighted by Gasteiger charge is 2.28. The van der Waals surface area contributed by atoms with Crippen LogP contribution in [0.15, 0.2) is 17.1 Å². The fraction of sp³-hybridized carbons (Fsp3) is 0.667. The maximum atomic E-state index is 12.1. The van der Waals surface area contributed by atoms with E-state index in [0.717, 1.165) is 15.8 Å². The lowest BCUT2D eigenvalue weighted by Crippen LogP contribution is -2.39. The van der Waals surface area contributed by atoms with E-state index in [4.69, 9.17) is 11.6 Å². The van der Waals surface area contributed by atoms with E-state index in [9.17, 15) is 8.42 Å². The second-order valence-corrected chi connectivity index (χ2v) is 10.9. The maximum absolute atomic E-state index is 12.1. The minimum Gasteiger partial charge on any atom is -0.357 e. The van der Waals surface area contributed by atoms with Gasteiger partial charge in [-0.3, -0.25) is 4.99 Å². The first-order valence-electron chi connectivity index (χ1n) is 7.53. The van der Waals surface area contributed by atoms with Crippen molar-refractivity contribution in [2.24, 2.45) is 4.99 Å². The number of sulfone groups is 1. The van der Waals surface area contributed by atoms with Crippen LogP contribution in [0.4, 0.5) is 0 Å². The van der Waals surface area contributed by atoms with Crippen molar-refractivity contribution in [1.82, 2.24) is 10.2 Å². The molecule has 0 unspecified atom stereocenters. The molecule has 132 valence electrons. The van der Waals surface area contributed by atoms with Crippen molar-refractivity contribution >= 4 is 38.7 Å². The van der Waals surface area contributed by atoms with E-state index in [0.29, 0.717) is 12.5 Å². The average Bonchev–Trinajstić information content (AvgIpc) is 2.81. The summed E-state index contributed by atoms with van der Waals surface area (Å²) in [6.07, 6.45) is 0. The quantitative estimate of drug-likeness (QED) is 0.609. The van der Waals surface area contributed by atoms with Gasteiger partial charge in [-0.15, -0.1) is 11.3 Å². The smallest absolute Gasteiger partial charge is 0.194 e. The Hall–Kier alpha value is -0.790. The Morgan fingerprint density at radius 3 is 2.52 bits per heavy atom. The Kier molecular flexibility index (Phi) is 7.35. The number of nitrogens with zero attached hydrogens (tertiary/aromatic N) is 2. The van der Waals surface area contributed by atoms with E-state index in [2.05, 4.69) is 10.3 Å². The van der Waals surface area contributed by atoms with E-state index in [-0.39, 0.29) is 12.3 Å². The molecule has 0 aliphatic carbocycles. The summed E-state index contributed by atoms with van der Waals surface area (Å²) in [5.74, 6) is 0.741. The molecular weight excluding hydrogens is 354 g/mol. The van der Waals surface area contributed by atoms with E-state index in [1.165, 1.54) is 11.3 Å². The molecule has 5 nitrogen and oxygen atoms in total. The molecule has 1 aromatic rings. The highest BCUT2D eigenvalue weighted by molar-refractivity contribution is 7.92. The number of rotatable bonds is 6. The molecule has 0 atom stereocenters. The highest BCUT2D eigenvalue weighted by atomic mass is 35.5. The van der Waals surface area contributed by atoms with Gasteiger partial charge in [0.05, 0.1) is 27.9 Å². The first-order chi connectivity index (χ1) is 10.6. The normalized spacial score (nSPS) is 13.2. The second kappa shape index (κ2) is 8.35. The van der Waals surface area contributed by atoms with Gasteiger partial charge in [0.2, 0.25) is 0 Å². The molecule has 0 saturated carbocycles. The summed E-state index contributed by atoms with van der Waals surface area (Å²) < 4.78 is 24.3. The van der Waals surface area contributed by atoms with E-state index >= 15 is 0 Å². The number of nitrogens with one attached hydrogen (secondary N) is 1. The molecule has 8 heteroatoms. The molecule has 1 rings (SSSR count). The summed E-state index contributed by atoms with van der Waals surface area (Å²) in [6, 6.07) is 3.85. The highest BCUT2D eigenvalue weighted by Crippen LogP contribution is 2.22. The predicted molar refractivity (Wildman–Crippen MR) is 100 cm³/mol. The molecule has 0 radical (unpaired) electrons. The van der Waals surface area contributed by atoms with Crippen LogP contribution >= 0.6 is 22.9 Å². The molecule has 0 amide bonds. The fourth-order valence-corrected chi connectivity index (χ4v) is 3.88.